The SMILES string of the molecule is Cc1[nH]cc(NC(=O)CSc2ccncc2)c1C(=O)O. The lowest BCUT2D eigenvalue weighted by atomic mass is 10.2. The molecule has 2 heterocycles. The Hall–Kier alpha value is -2.28. The molecule has 0 unspecified atom stereocenters. The number of H-pyrrole nitrogens is 1. The first-order valence-corrected chi connectivity index (χ1v) is 6.80. The second kappa shape index (κ2) is 6.25. The van der Waals surface area contributed by atoms with Crippen LogP contribution in [0.3, 0.4) is 0 Å². The molecule has 20 heavy (non-hydrogen) atoms. The predicted octanol–water partition coefficient (Wildman–Crippen LogP) is 2.15. The van der Waals surface area contributed by atoms with E-state index in [0.717, 1.165) is 4.90 Å². The van der Waals surface area contributed by atoms with E-state index in [2.05, 4.69) is 15.3 Å². The van der Waals surface area contributed by atoms with E-state index in [1.54, 1.807) is 31.5 Å². The largest absolute Gasteiger partial charge is 0.478 e. The van der Waals surface area contributed by atoms with Gasteiger partial charge in [-0.05, 0) is 19.1 Å². The summed E-state index contributed by atoms with van der Waals surface area (Å²) in [6, 6.07) is 3.61. The van der Waals surface area contributed by atoms with Crippen molar-refractivity contribution < 1.29 is 14.7 Å². The molecule has 2 aromatic rings. The van der Waals surface area contributed by atoms with Crippen molar-refractivity contribution in [1.29, 1.82) is 0 Å². The second-order valence-electron chi connectivity index (χ2n) is 4.03. The van der Waals surface area contributed by atoms with E-state index in [9.17, 15) is 9.59 Å². The standard InChI is InChI=1S/C13H13N3O3S/c1-8-12(13(18)19)10(6-15-8)16-11(17)7-20-9-2-4-14-5-3-9/h2-6,15H,7H2,1H3,(H,16,17)(H,18,19). The van der Waals surface area contributed by atoms with Gasteiger partial charge in [0, 0.05) is 29.2 Å². The molecule has 1 amide bonds. The van der Waals surface area contributed by atoms with Gasteiger partial charge in [0.25, 0.3) is 0 Å². The van der Waals surface area contributed by atoms with E-state index < -0.39 is 5.97 Å². The summed E-state index contributed by atoms with van der Waals surface area (Å²) in [4.78, 5) is 30.5. The van der Waals surface area contributed by atoms with Gasteiger partial charge in [-0.2, -0.15) is 0 Å². The van der Waals surface area contributed by atoms with Crippen molar-refractivity contribution >= 4 is 29.3 Å². The van der Waals surface area contributed by atoms with E-state index in [0.29, 0.717) is 5.69 Å². The number of aromatic carboxylic acids is 1. The molecule has 0 spiro atoms. The molecule has 0 saturated carbocycles. The third kappa shape index (κ3) is 3.39. The molecule has 0 fully saturated rings. The molecule has 0 bridgehead atoms. The number of carbonyl (C=O) groups is 2. The highest BCUT2D eigenvalue weighted by Crippen LogP contribution is 2.20. The first-order chi connectivity index (χ1) is 9.58. The molecule has 6 nitrogen and oxygen atoms in total. The number of carboxylic acids is 1. The lowest BCUT2D eigenvalue weighted by Gasteiger charge is -2.04. The molecule has 0 saturated heterocycles. The molecular formula is C13H13N3O3S. The van der Waals surface area contributed by atoms with E-state index >= 15 is 0 Å². The van der Waals surface area contributed by atoms with Crippen LogP contribution in [0.1, 0.15) is 16.1 Å². The zero-order chi connectivity index (χ0) is 14.5. The number of aromatic nitrogens is 2. The number of thioether (sulfide) groups is 1. The van der Waals surface area contributed by atoms with Gasteiger partial charge in [-0.25, -0.2) is 4.79 Å². The van der Waals surface area contributed by atoms with E-state index in [-0.39, 0.29) is 22.9 Å². The molecule has 7 heteroatoms. The smallest absolute Gasteiger partial charge is 0.339 e. The molecule has 0 aliphatic rings. The number of nitrogens with one attached hydrogen (secondary N) is 2. The van der Waals surface area contributed by atoms with Gasteiger partial charge in [-0.1, -0.05) is 0 Å². The fourth-order valence-corrected chi connectivity index (χ4v) is 2.35. The fourth-order valence-electron chi connectivity index (χ4n) is 1.67. The maximum Gasteiger partial charge on any atom is 0.339 e. The van der Waals surface area contributed by atoms with Crippen LogP contribution in [0.15, 0.2) is 35.6 Å². The normalized spacial score (nSPS) is 10.2. The molecular weight excluding hydrogens is 278 g/mol. The Balaban J connectivity index is 1.97. The van der Waals surface area contributed by atoms with Gasteiger partial charge in [0.15, 0.2) is 0 Å². The molecule has 0 atom stereocenters. The molecule has 2 aromatic heterocycles. The minimum Gasteiger partial charge on any atom is -0.478 e. The van der Waals surface area contributed by atoms with Crippen LogP contribution in [0.2, 0.25) is 0 Å². The Bertz CT molecular complexity index is 625. The van der Waals surface area contributed by atoms with Crippen LogP contribution in [0.4, 0.5) is 5.69 Å². The van der Waals surface area contributed by atoms with Crippen LogP contribution in [-0.4, -0.2) is 32.7 Å². The zero-order valence-corrected chi connectivity index (χ0v) is 11.5. The second-order valence-corrected chi connectivity index (χ2v) is 5.08. The number of hydrogen-bond acceptors (Lipinski definition) is 4. The van der Waals surface area contributed by atoms with Crippen molar-refractivity contribution in [1.82, 2.24) is 9.97 Å². The Morgan fingerprint density at radius 1 is 1.40 bits per heavy atom. The van der Waals surface area contributed by atoms with Gasteiger partial charge in [-0.15, -0.1) is 11.8 Å². The highest BCUT2D eigenvalue weighted by atomic mass is 32.2. The summed E-state index contributed by atoms with van der Waals surface area (Å²) in [6.07, 6.45) is 4.78. The third-order valence-electron chi connectivity index (χ3n) is 2.58. The van der Waals surface area contributed by atoms with Crippen LogP contribution in [0.5, 0.6) is 0 Å². The molecule has 0 aliphatic heterocycles. The Morgan fingerprint density at radius 3 is 2.75 bits per heavy atom. The van der Waals surface area contributed by atoms with Gasteiger partial charge in [0.05, 0.1) is 11.4 Å². The van der Waals surface area contributed by atoms with Crippen LogP contribution < -0.4 is 5.32 Å². The number of pyridine rings is 1. The Labute approximate surface area is 119 Å². The number of carbonyl (C=O) groups excluding carboxylic acids is 1. The number of rotatable bonds is 5. The molecule has 0 aliphatic carbocycles. The summed E-state index contributed by atoms with van der Waals surface area (Å²) in [7, 11) is 0. The molecule has 0 radical (unpaired) electrons. The fraction of sp³-hybridized carbons (Fsp3) is 0.154. The summed E-state index contributed by atoms with van der Waals surface area (Å²) in [6.45, 7) is 1.64. The minimum absolute atomic E-state index is 0.0901. The number of anilines is 1. The van der Waals surface area contributed by atoms with Crippen molar-refractivity contribution in [3.8, 4) is 0 Å². The zero-order valence-electron chi connectivity index (χ0n) is 10.7. The molecule has 2 rings (SSSR count). The lowest BCUT2D eigenvalue weighted by molar-refractivity contribution is -0.113. The summed E-state index contributed by atoms with van der Waals surface area (Å²) >= 11 is 1.36. The van der Waals surface area contributed by atoms with Crippen molar-refractivity contribution in [3.63, 3.8) is 0 Å². The summed E-state index contributed by atoms with van der Waals surface area (Å²) < 4.78 is 0. The summed E-state index contributed by atoms with van der Waals surface area (Å²) in [5.41, 5.74) is 0.886. The van der Waals surface area contributed by atoms with Gasteiger partial charge in [0.2, 0.25) is 5.91 Å². The average molecular weight is 291 g/mol. The van der Waals surface area contributed by atoms with Crippen LogP contribution >= 0.6 is 11.8 Å². The lowest BCUT2D eigenvalue weighted by Crippen LogP contribution is -2.15. The predicted molar refractivity (Wildman–Crippen MR) is 76.1 cm³/mol. The van der Waals surface area contributed by atoms with E-state index in [1.807, 2.05) is 0 Å². The third-order valence-corrected chi connectivity index (χ3v) is 3.60. The van der Waals surface area contributed by atoms with Crippen molar-refractivity contribution in [3.05, 3.63) is 42.0 Å². The number of aromatic amines is 1. The number of aryl methyl sites for hydroxylation is 1. The maximum atomic E-state index is 11.8. The van der Waals surface area contributed by atoms with Gasteiger partial charge >= 0.3 is 5.97 Å². The van der Waals surface area contributed by atoms with Gasteiger partial charge < -0.3 is 15.4 Å². The summed E-state index contributed by atoms with van der Waals surface area (Å²) in [5, 5.41) is 11.7. The van der Waals surface area contributed by atoms with Gasteiger partial charge in [0.1, 0.15) is 5.56 Å². The molecule has 0 aromatic carbocycles. The van der Waals surface area contributed by atoms with Crippen LogP contribution in [-0.2, 0) is 4.79 Å². The van der Waals surface area contributed by atoms with Crippen molar-refractivity contribution in [2.24, 2.45) is 0 Å². The number of nitrogens with zero attached hydrogens (tertiary/aromatic N) is 1. The number of carboxylic acid groups (broad SMARTS) is 1. The highest BCUT2D eigenvalue weighted by molar-refractivity contribution is 8.00. The molecule has 104 valence electrons. The highest BCUT2D eigenvalue weighted by Gasteiger charge is 2.16. The first-order valence-electron chi connectivity index (χ1n) is 5.82. The van der Waals surface area contributed by atoms with Crippen LogP contribution in [0.25, 0.3) is 0 Å². The Kier molecular flexibility index (Phi) is 4.41. The van der Waals surface area contributed by atoms with Crippen LogP contribution in [0, 0.1) is 6.92 Å². The van der Waals surface area contributed by atoms with Crippen molar-refractivity contribution in [2.75, 3.05) is 11.1 Å². The van der Waals surface area contributed by atoms with E-state index in [4.69, 9.17) is 5.11 Å². The van der Waals surface area contributed by atoms with E-state index in [1.165, 1.54) is 18.0 Å². The maximum absolute atomic E-state index is 11.8. The first kappa shape index (κ1) is 14.1. The average Bonchev–Trinajstić information content (AvgIpc) is 2.78. The van der Waals surface area contributed by atoms with Crippen molar-refractivity contribution in [2.45, 2.75) is 11.8 Å². The topological polar surface area (TPSA) is 95.1 Å². The Morgan fingerprint density at radius 2 is 2.10 bits per heavy atom. The number of amides is 1. The monoisotopic (exact) mass is 291 g/mol. The quantitative estimate of drug-likeness (QED) is 0.734. The number of hydrogen-bond donors (Lipinski definition) is 3. The van der Waals surface area contributed by atoms with Gasteiger partial charge in [-0.3, -0.25) is 9.78 Å². The minimum atomic E-state index is -1.07. The summed E-state index contributed by atoms with van der Waals surface area (Å²) in [5.74, 6) is -1.12. The molecule has 3 N–H and O–H groups in total.